The van der Waals surface area contributed by atoms with E-state index in [0.29, 0.717) is 16.2 Å². The lowest BCUT2D eigenvalue weighted by molar-refractivity contribution is -0.137. The molecule has 4 nitrogen and oxygen atoms in total. The summed E-state index contributed by atoms with van der Waals surface area (Å²) in [6.07, 6.45) is -2.88. The van der Waals surface area contributed by atoms with E-state index >= 15 is 0 Å². The van der Waals surface area contributed by atoms with Crippen LogP contribution in [-0.2, 0) is 15.8 Å². The number of amides is 2. The molecule has 0 aliphatic carbocycles. The molecule has 2 amide bonds. The molecular weight excluding hydrogens is 377 g/mol. The number of anilines is 1. The Hall–Kier alpha value is -2.74. The number of halogens is 3. The van der Waals surface area contributed by atoms with Crippen LogP contribution in [0.25, 0.3) is 6.08 Å². The van der Waals surface area contributed by atoms with Crippen molar-refractivity contribution in [3.05, 3.63) is 64.6 Å². The molecule has 27 heavy (non-hydrogen) atoms. The molecule has 1 N–H and O–H groups in total. The molecule has 1 aliphatic rings. The summed E-state index contributed by atoms with van der Waals surface area (Å²) in [5.74, 6) is -0.693. The number of para-hydroxylation sites is 1. The number of carbonyl (C=O) groups excluding carboxylic acids is 2. The van der Waals surface area contributed by atoms with E-state index in [9.17, 15) is 22.8 Å². The molecule has 0 fully saturated rings. The fourth-order valence-corrected chi connectivity index (χ4v) is 3.62. The van der Waals surface area contributed by atoms with Gasteiger partial charge in [-0.15, -0.1) is 0 Å². The van der Waals surface area contributed by atoms with Crippen molar-refractivity contribution in [2.45, 2.75) is 11.1 Å². The summed E-state index contributed by atoms with van der Waals surface area (Å²) in [6.45, 7) is -0.142. The molecule has 2 aromatic rings. The lowest BCUT2D eigenvalue weighted by Crippen LogP contribution is -2.41. The average molecular weight is 392 g/mol. The third kappa shape index (κ3) is 4.16. The highest BCUT2D eigenvalue weighted by molar-refractivity contribution is 8.04. The highest BCUT2D eigenvalue weighted by atomic mass is 32.2. The number of likely N-dealkylation sites (N-methyl/N-ethyl adjacent to an activating group) is 1. The molecule has 0 radical (unpaired) electrons. The zero-order chi connectivity index (χ0) is 19.6. The Labute approximate surface area is 158 Å². The number of hydrogen-bond acceptors (Lipinski definition) is 3. The molecule has 1 aliphatic heterocycles. The highest BCUT2D eigenvalue weighted by Crippen LogP contribution is 2.42. The number of nitrogens with zero attached hydrogens (tertiary/aromatic N) is 1. The summed E-state index contributed by atoms with van der Waals surface area (Å²) in [7, 11) is 1.48. The molecule has 0 aromatic heterocycles. The summed E-state index contributed by atoms with van der Waals surface area (Å²) in [4.78, 5) is 27.1. The van der Waals surface area contributed by atoms with Crippen LogP contribution in [0, 0.1) is 0 Å². The Morgan fingerprint density at radius 1 is 1.15 bits per heavy atom. The molecule has 140 valence electrons. The van der Waals surface area contributed by atoms with Gasteiger partial charge in [0.1, 0.15) is 6.54 Å². The Morgan fingerprint density at radius 2 is 1.81 bits per heavy atom. The second-order valence-electron chi connectivity index (χ2n) is 5.76. The SMILES string of the molecule is CNC(=O)CN1C(=O)/C(=C\c2ccc(C(F)(F)F)cc2)Sc2ccccc21. The second kappa shape index (κ2) is 7.48. The predicted octanol–water partition coefficient (Wildman–Crippen LogP) is 3.93. The predicted molar refractivity (Wildman–Crippen MR) is 98.1 cm³/mol. The van der Waals surface area contributed by atoms with Crippen molar-refractivity contribution in [1.29, 1.82) is 0 Å². The van der Waals surface area contributed by atoms with E-state index in [0.717, 1.165) is 17.0 Å². The largest absolute Gasteiger partial charge is 0.416 e. The van der Waals surface area contributed by atoms with Crippen molar-refractivity contribution in [2.24, 2.45) is 0 Å². The summed E-state index contributed by atoms with van der Waals surface area (Å²) in [5.41, 5.74) is 0.345. The number of nitrogens with one attached hydrogen (secondary N) is 1. The Kier molecular flexibility index (Phi) is 5.27. The van der Waals surface area contributed by atoms with E-state index in [2.05, 4.69) is 5.32 Å². The summed E-state index contributed by atoms with van der Waals surface area (Å²) < 4.78 is 38.1. The Morgan fingerprint density at radius 3 is 2.44 bits per heavy atom. The van der Waals surface area contributed by atoms with Crippen molar-refractivity contribution in [3.63, 3.8) is 0 Å². The molecule has 3 rings (SSSR count). The molecule has 0 saturated carbocycles. The van der Waals surface area contributed by atoms with E-state index in [1.165, 1.54) is 41.9 Å². The minimum absolute atomic E-state index is 0.142. The maximum absolute atomic E-state index is 12.8. The topological polar surface area (TPSA) is 49.4 Å². The molecule has 0 atom stereocenters. The van der Waals surface area contributed by atoms with Crippen LogP contribution in [-0.4, -0.2) is 25.4 Å². The van der Waals surface area contributed by atoms with E-state index in [4.69, 9.17) is 0 Å². The molecule has 8 heteroatoms. The molecule has 1 heterocycles. The number of rotatable bonds is 3. The van der Waals surface area contributed by atoms with Gasteiger partial charge in [-0.25, -0.2) is 0 Å². The highest BCUT2D eigenvalue weighted by Gasteiger charge is 2.31. The number of thioether (sulfide) groups is 1. The van der Waals surface area contributed by atoms with Gasteiger partial charge < -0.3 is 5.32 Å². The zero-order valence-electron chi connectivity index (χ0n) is 14.2. The van der Waals surface area contributed by atoms with Gasteiger partial charge in [0.25, 0.3) is 5.91 Å². The van der Waals surface area contributed by atoms with Gasteiger partial charge >= 0.3 is 6.18 Å². The third-order valence-electron chi connectivity index (χ3n) is 3.95. The van der Waals surface area contributed by atoms with Crippen LogP contribution >= 0.6 is 11.8 Å². The normalized spacial score (nSPS) is 15.6. The molecular formula is C19H15F3N2O2S. The number of carbonyl (C=O) groups is 2. The van der Waals surface area contributed by atoms with Crippen LogP contribution in [0.3, 0.4) is 0 Å². The van der Waals surface area contributed by atoms with Crippen LogP contribution in [0.1, 0.15) is 11.1 Å². The number of alkyl halides is 3. The van der Waals surface area contributed by atoms with Crippen LogP contribution in [0.5, 0.6) is 0 Å². The lowest BCUT2D eigenvalue weighted by Gasteiger charge is -2.29. The van der Waals surface area contributed by atoms with Crippen molar-refractivity contribution >= 4 is 35.3 Å². The average Bonchev–Trinajstić information content (AvgIpc) is 2.64. The van der Waals surface area contributed by atoms with Gasteiger partial charge in [-0.05, 0) is 35.9 Å². The van der Waals surface area contributed by atoms with Crippen molar-refractivity contribution in [2.75, 3.05) is 18.5 Å². The fraction of sp³-hybridized carbons (Fsp3) is 0.158. The van der Waals surface area contributed by atoms with Gasteiger partial charge in [0.15, 0.2) is 0 Å². The van der Waals surface area contributed by atoms with E-state index in [1.807, 2.05) is 12.1 Å². The van der Waals surface area contributed by atoms with E-state index in [1.54, 1.807) is 12.1 Å². The van der Waals surface area contributed by atoms with Crippen LogP contribution in [0.4, 0.5) is 18.9 Å². The fourth-order valence-electron chi connectivity index (χ4n) is 2.56. The molecule has 0 spiro atoms. The van der Waals surface area contributed by atoms with Gasteiger partial charge in [0.05, 0.1) is 16.2 Å². The van der Waals surface area contributed by atoms with Gasteiger partial charge in [-0.1, -0.05) is 36.0 Å². The van der Waals surface area contributed by atoms with Crippen LogP contribution < -0.4 is 10.2 Å². The molecule has 0 saturated heterocycles. The molecule has 0 unspecified atom stereocenters. The summed E-state index contributed by atoms with van der Waals surface area (Å²) in [6, 6.07) is 11.7. The van der Waals surface area contributed by atoms with Gasteiger partial charge in [-0.2, -0.15) is 13.2 Å². The van der Waals surface area contributed by atoms with Crippen molar-refractivity contribution in [3.8, 4) is 0 Å². The van der Waals surface area contributed by atoms with Gasteiger partial charge in [-0.3, -0.25) is 14.5 Å². The minimum atomic E-state index is -4.41. The smallest absolute Gasteiger partial charge is 0.358 e. The van der Waals surface area contributed by atoms with Crippen molar-refractivity contribution in [1.82, 2.24) is 5.32 Å². The number of fused-ring (bicyclic) bond motifs is 1. The standard InChI is InChI=1S/C19H15F3N2O2S/c1-23-17(25)11-24-14-4-2-3-5-15(14)27-16(18(24)26)10-12-6-8-13(9-7-12)19(20,21)22/h2-10H,11H2,1H3,(H,23,25)/b16-10+. The number of hydrogen-bond donors (Lipinski definition) is 1. The second-order valence-corrected chi connectivity index (χ2v) is 6.85. The molecule has 0 bridgehead atoms. The van der Waals surface area contributed by atoms with E-state index < -0.39 is 11.7 Å². The quantitative estimate of drug-likeness (QED) is 0.806. The summed E-state index contributed by atoms with van der Waals surface area (Å²) >= 11 is 1.22. The Balaban J connectivity index is 1.95. The van der Waals surface area contributed by atoms with Gasteiger partial charge in [0.2, 0.25) is 5.91 Å². The van der Waals surface area contributed by atoms with Crippen LogP contribution in [0.15, 0.2) is 58.3 Å². The first-order valence-electron chi connectivity index (χ1n) is 7.98. The number of benzene rings is 2. The maximum atomic E-state index is 12.8. The monoisotopic (exact) mass is 392 g/mol. The van der Waals surface area contributed by atoms with E-state index in [-0.39, 0.29) is 18.4 Å². The van der Waals surface area contributed by atoms with Crippen molar-refractivity contribution < 1.29 is 22.8 Å². The van der Waals surface area contributed by atoms with Crippen LogP contribution in [0.2, 0.25) is 0 Å². The molecule has 2 aromatic carbocycles. The lowest BCUT2D eigenvalue weighted by atomic mass is 10.1. The first-order chi connectivity index (χ1) is 12.8. The maximum Gasteiger partial charge on any atom is 0.416 e. The summed E-state index contributed by atoms with van der Waals surface area (Å²) in [5, 5.41) is 2.48. The third-order valence-corrected chi connectivity index (χ3v) is 5.03. The van der Waals surface area contributed by atoms with Gasteiger partial charge in [0, 0.05) is 11.9 Å². The zero-order valence-corrected chi connectivity index (χ0v) is 15.0. The minimum Gasteiger partial charge on any atom is -0.358 e. The Bertz CT molecular complexity index is 908. The first kappa shape index (κ1) is 19.0. The first-order valence-corrected chi connectivity index (χ1v) is 8.79.